The summed E-state index contributed by atoms with van der Waals surface area (Å²) in [5.74, 6) is -0.951. The van der Waals surface area contributed by atoms with Crippen LogP contribution in [0.25, 0.3) is 11.0 Å². The van der Waals surface area contributed by atoms with Crippen molar-refractivity contribution in [2.24, 2.45) is 5.92 Å². The van der Waals surface area contributed by atoms with Gasteiger partial charge in [0.25, 0.3) is 0 Å². The Hall–Kier alpha value is -2.70. The summed E-state index contributed by atoms with van der Waals surface area (Å²) < 4.78 is 16.5. The molecule has 1 aromatic heterocycles. The zero-order chi connectivity index (χ0) is 21.9. The number of hydrogen-bond donors (Lipinski definition) is 2. The number of aromatic hydroxyl groups is 1. The molecule has 166 valence electrons. The van der Waals surface area contributed by atoms with Crippen LogP contribution in [0.3, 0.4) is 0 Å². The van der Waals surface area contributed by atoms with Crippen molar-refractivity contribution in [1.82, 2.24) is 0 Å². The number of unbranched alkanes of at least 4 members (excludes halogenated alkanes) is 5. The Labute approximate surface area is 176 Å². The Morgan fingerprint density at radius 2 is 1.83 bits per heavy atom. The van der Waals surface area contributed by atoms with Crippen LogP contribution in [-0.4, -0.2) is 29.4 Å². The van der Waals surface area contributed by atoms with Crippen LogP contribution in [0.4, 0.5) is 0 Å². The average molecular weight is 421 g/mol. The van der Waals surface area contributed by atoms with Crippen LogP contribution in [0.2, 0.25) is 0 Å². The van der Waals surface area contributed by atoms with Crippen molar-refractivity contribution in [3.8, 4) is 17.2 Å². The third-order valence-corrected chi connectivity index (χ3v) is 5.08. The summed E-state index contributed by atoms with van der Waals surface area (Å²) in [7, 11) is 0. The van der Waals surface area contributed by atoms with Gasteiger partial charge >= 0.3 is 11.6 Å². The van der Waals surface area contributed by atoms with Gasteiger partial charge in [-0.15, -0.1) is 0 Å². The molecule has 1 heterocycles. The molecule has 30 heavy (non-hydrogen) atoms. The van der Waals surface area contributed by atoms with Crippen LogP contribution in [0, 0.1) is 5.92 Å². The number of ether oxygens (including phenoxy) is 2. The number of aliphatic carboxylic acids is 1. The topological polar surface area (TPSA) is 106 Å². The van der Waals surface area contributed by atoms with E-state index in [-0.39, 0.29) is 36.0 Å². The normalized spacial score (nSPS) is 12.1. The van der Waals surface area contributed by atoms with Crippen LogP contribution in [0.15, 0.2) is 27.4 Å². The number of carboxylic acids is 1. The van der Waals surface area contributed by atoms with Gasteiger partial charge in [-0.1, -0.05) is 46.0 Å². The Kier molecular flexibility index (Phi) is 9.51. The van der Waals surface area contributed by atoms with E-state index in [1.54, 1.807) is 12.1 Å². The largest absolute Gasteiger partial charge is 0.504 e. The van der Waals surface area contributed by atoms with E-state index in [1.807, 2.05) is 6.92 Å². The predicted octanol–water partition coefficient (Wildman–Crippen LogP) is 5.12. The molecule has 2 rings (SSSR count). The molecule has 7 heteroatoms. The van der Waals surface area contributed by atoms with Crippen LogP contribution in [0.5, 0.6) is 17.2 Å². The summed E-state index contributed by atoms with van der Waals surface area (Å²) in [5.41, 5.74) is -0.548. The van der Waals surface area contributed by atoms with E-state index in [0.29, 0.717) is 24.2 Å². The van der Waals surface area contributed by atoms with Gasteiger partial charge in [0, 0.05) is 12.0 Å². The van der Waals surface area contributed by atoms with E-state index in [1.165, 1.54) is 25.3 Å². The molecule has 0 aliphatic heterocycles. The number of benzene rings is 1. The van der Waals surface area contributed by atoms with Crippen molar-refractivity contribution in [3.63, 3.8) is 0 Å². The first-order valence-electron chi connectivity index (χ1n) is 10.7. The first-order valence-corrected chi connectivity index (χ1v) is 10.7. The molecule has 0 saturated heterocycles. The maximum absolute atomic E-state index is 12.2. The number of hydrogen-bond acceptors (Lipinski definition) is 6. The van der Waals surface area contributed by atoms with E-state index in [4.69, 9.17) is 19.0 Å². The maximum atomic E-state index is 12.2. The van der Waals surface area contributed by atoms with E-state index in [2.05, 4.69) is 6.92 Å². The zero-order valence-corrected chi connectivity index (χ0v) is 17.8. The quantitative estimate of drug-likeness (QED) is 0.323. The summed E-state index contributed by atoms with van der Waals surface area (Å²) in [6.45, 7) is 4.66. The first kappa shape index (κ1) is 23.6. The average Bonchev–Trinajstić information content (AvgIpc) is 2.72. The van der Waals surface area contributed by atoms with Gasteiger partial charge in [0.2, 0.25) is 5.75 Å². The highest BCUT2D eigenvalue weighted by molar-refractivity contribution is 5.86. The number of carbonyl (C=O) groups is 1. The van der Waals surface area contributed by atoms with Crippen molar-refractivity contribution in [2.45, 2.75) is 65.2 Å². The molecule has 2 N–H and O–H groups in total. The molecule has 0 fully saturated rings. The summed E-state index contributed by atoms with van der Waals surface area (Å²) in [4.78, 5) is 23.1. The Morgan fingerprint density at radius 3 is 2.53 bits per heavy atom. The summed E-state index contributed by atoms with van der Waals surface area (Å²) in [5, 5.41) is 19.7. The number of rotatable bonds is 14. The molecule has 2 aromatic rings. The summed E-state index contributed by atoms with van der Waals surface area (Å²) in [6.07, 6.45) is 7.26. The fourth-order valence-electron chi connectivity index (χ4n) is 3.20. The van der Waals surface area contributed by atoms with Gasteiger partial charge < -0.3 is 24.1 Å². The lowest BCUT2D eigenvalue weighted by Crippen LogP contribution is -2.15. The lowest BCUT2D eigenvalue weighted by molar-refractivity contribution is -0.138. The van der Waals surface area contributed by atoms with E-state index < -0.39 is 11.6 Å². The molecule has 1 atom stereocenters. The Balaban J connectivity index is 2.01. The maximum Gasteiger partial charge on any atom is 0.383 e. The zero-order valence-electron chi connectivity index (χ0n) is 17.8. The van der Waals surface area contributed by atoms with Crippen LogP contribution in [-0.2, 0) is 4.79 Å². The van der Waals surface area contributed by atoms with Gasteiger partial charge in [0.1, 0.15) is 11.3 Å². The van der Waals surface area contributed by atoms with E-state index in [0.717, 1.165) is 19.3 Å². The first-order chi connectivity index (χ1) is 14.5. The molecule has 1 unspecified atom stereocenters. The van der Waals surface area contributed by atoms with Crippen molar-refractivity contribution in [3.05, 3.63) is 28.6 Å². The minimum Gasteiger partial charge on any atom is -0.504 e. The molecule has 7 nitrogen and oxygen atoms in total. The van der Waals surface area contributed by atoms with Gasteiger partial charge in [-0.3, -0.25) is 4.79 Å². The Bertz CT molecular complexity index is 872. The van der Waals surface area contributed by atoms with Crippen LogP contribution in [0.1, 0.15) is 65.2 Å². The van der Waals surface area contributed by atoms with Crippen LogP contribution < -0.4 is 15.1 Å². The van der Waals surface area contributed by atoms with Crippen molar-refractivity contribution in [2.75, 3.05) is 13.2 Å². The lowest BCUT2D eigenvalue weighted by atomic mass is 10.0. The second-order valence-corrected chi connectivity index (χ2v) is 7.52. The summed E-state index contributed by atoms with van der Waals surface area (Å²) in [6, 6.07) is 4.76. The van der Waals surface area contributed by atoms with Crippen molar-refractivity contribution in [1.29, 1.82) is 0 Å². The highest BCUT2D eigenvalue weighted by Gasteiger charge is 2.17. The summed E-state index contributed by atoms with van der Waals surface area (Å²) >= 11 is 0. The van der Waals surface area contributed by atoms with Crippen molar-refractivity contribution < 1.29 is 28.9 Å². The molecule has 0 aliphatic carbocycles. The highest BCUT2D eigenvalue weighted by atomic mass is 16.5. The van der Waals surface area contributed by atoms with E-state index >= 15 is 0 Å². The molecule has 0 bridgehead atoms. The molecule has 0 saturated carbocycles. The molecular weight excluding hydrogens is 388 g/mol. The molecule has 0 spiro atoms. The van der Waals surface area contributed by atoms with Gasteiger partial charge in [-0.25, -0.2) is 4.79 Å². The third kappa shape index (κ3) is 6.97. The fourth-order valence-corrected chi connectivity index (χ4v) is 3.20. The molecule has 0 aliphatic rings. The van der Waals surface area contributed by atoms with Gasteiger partial charge in [0.15, 0.2) is 5.75 Å². The minimum atomic E-state index is -0.867. The fraction of sp³-hybridized carbons (Fsp3) is 0.565. The molecule has 0 radical (unpaired) electrons. The van der Waals surface area contributed by atoms with Gasteiger partial charge in [-0.05, 0) is 25.0 Å². The SMILES string of the molecule is CCCCCCCCOc1c(O)c2ccc(OCC(CC)CC(=O)O)cc2oc1=O. The molecule has 0 amide bonds. The van der Waals surface area contributed by atoms with Crippen LogP contribution >= 0.6 is 0 Å². The van der Waals surface area contributed by atoms with Gasteiger partial charge in [-0.2, -0.15) is 0 Å². The smallest absolute Gasteiger partial charge is 0.383 e. The monoisotopic (exact) mass is 420 g/mol. The molecule has 1 aromatic carbocycles. The number of fused-ring (bicyclic) bond motifs is 1. The predicted molar refractivity (Wildman–Crippen MR) is 115 cm³/mol. The van der Waals surface area contributed by atoms with Gasteiger partial charge in [0.05, 0.1) is 25.0 Å². The number of carboxylic acid groups (broad SMARTS) is 1. The third-order valence-electron chi connectivity index (χ3n) is 5.08. The molecular formula is C23H32O7. The lowest BCUT2D eigenvalue weighted by Gasteiger charge is -2.14. The standard InChI is InChI=1S/C23H32O7/c1-3-5-6-7-8-9-12-28-22-21(26)18-11-10-17(14-19(18)30-23(22)27)29-15-16(4-2)13-20(24)25/h10-11,14,16,26H,3-9,12-13,15H2,1-2H3,(H,24,25). The second-order valence-electron chi connectivity index (χ2n) is 7.52. The Morgan fingerprint density at radius 1 is 1.10 bits per heavy atom. The highest BCUT2D eigenvalue weighted by Crippen LogP contribution is 2.33. The second kappa shape index (κ2) is 12.1. The van der Waals surface area contributed by atoms with E-state index in [9.17, 15) is 14.7 Å². The van der Waals surface area contributed by atoms with Crippen molar-refractivity contribution >= 4 is 16.9 Å². The minimum absolute atomic E-state index is 0.0270.